The number of anilines is 2. The number of hydrogen-bond donors (Lipinski definition) is 1. The van der Waals surface area contributed by atoms with Gasteiger partial charge in [-0.25, -0.2) is 8.42 Å². The number of rotatable bonds is 7. The number of carbonyl (C=O) groups is 1. The smallest absolute Gasteiger partial charge is 0.264 e. The minimum atomic E-state index is -3.68. The molecule has 1 amide bonds. The normalized spacial score (nSPS) is 15.4. The highest BCUT2D eigenvalue weighted by Gasteiger charge is 2.36. The van der Waals surface area contributed by atoms with Crippen LogP contribution in [-0.2, 0) is 22.9 Å². The molecule has 4 rings (SSSR count). The Balaban J connectivity index is 1.53. The molecule has 1 heterocycles. The zero-order valence-corrected chi connectivity index (χ0v) is 20.2. The molecule has 6 heteroatoms. The van der Waals surface area contributed by atoms with Gasteiger partial charge < -0.3 is 5.32 Å². The summed E-state index contributed by atoms with van der Waals surface area (Å²) < 4.78 is 28.1. The van der Waals surface area contributed by atoms with E-state index in [0.717, 1.165) is 36.1 Å². The maximum Gasteiger partial charge on any atom is 0.264 e. The molecular weight excluding hydrogens is 432 g/mol. The summed E-state index contributed by atoms with van der Waals surface area (Å²) in [6.07, 6.45) is 3.90. The van der Waals surface area contributed by atoms with E-state index in [9.17, 15) is 13.2 Å². The number of nitrogens with zero attached hydrogens (tertiary/aromatic N) is 1. The SMILES string of the molecule is CCCCc1ccc(NC(=O)c2ccc3c(c2)C[C@@H](C)N3S(=O)(=O)c2ccc(C)cc2)cc1. The largest absolute Gasteiger partial charge is 0.322 e. The second-order valence-electron chi connectivity index (χ2n) is 8.77. The van der Waals surface area contributed by atoms with Crippen molar-refractivity contribution in [2.24, 2.45) is 0 Å². The summed E-state index contributed by atoms with van der Waals surface area (Å²) in [5, 5.41) is 2.95. The van der Waals surface area contributed by atoms with Crippen molar-refractivity contribution >= 4 is 27.3 Å². The average molecular weight is 463 g/mol. The van der Waals surface area contributed by atoms with E-state index >= 15 is 0 Å². The molecule has 0 saturated heterocycles. The van der Waals surface area contributed by atoms with E-state index in [2.05, 4.69) is 12.2 Å². The first kappa shape index (κ1) is 23.1. The van der Waals surface area contributed by atoms with Crippen molar-refractivity contribution in [2.75, 3.05) is 9.62 Å². The van der Waals surface area contributed by atoms with E-state index in [1.807, 2.05) is 38.1 Å². The Morgan fingerprint density at radius 2 is 1.73 bits per heavy atom. The van der Waals surface area contributed by atoms with Crippen molar-refractivity contribution < 1.29 is 13.2 Å². The number of fused-ring (bicyclic) bond motifs is 1. The summed E-state index contributed by atoms with van der Waals surface area (Å²) in [4.78, 5) is 13.1. The highest BCUT2D eigenvalue weighted by molar-refractivity contribution is 7.92. The Morgan fingerprint density at radius 3 is 2.39 bits per heavy atom. The van der Waals surface area contributed by atoms with Crippen molar-refractivity contribution in [1.29, 1.82) is 0 Å². The fourth-order valence-corrected chi connectivity index (χ4v) is 5.97. The topological polar surface area (TPSA) is 66.5 Å². The summed E-state index contributed by atoms with van der Waals surface area (Å²) in [5.41, 5.74) is 5.04. The van der Waals surface area contributed by atoms with Crippen LogP contribution >= 0.6 is 0 Å². The maximum absolute atomic E-state index is 13.3. The van der Waals surface area contributed by atoms with Gasteiger partial charge >= 0.3 is 0 Å². The monoisotopic (exact) mass is 462 g/mol. The number of unbranched alkanes of at least 4 members (excludes halogenated alkanes) is 1. The van der Waals surface area contributed by atoms with Crippen molar-refractivity contribution in [3.8, 4) is 0 Å². The summed E-state index contributed by atoms with van der Waals surface area (Å²) >= 11 is 0. The van der Waals surface area contributed by atoms with Crippen LogP contribution in [0.25, 0.3) is 0 Å². The van der Waals surface area contributed by atoms with Gasteiger partial charge in [-0.3, -0.25) is 9.10 Å². The van der Waals surface area contributed by atoms with Gasteiger partial charge in [-0.05, 0) is 86.7 Å². The fourth-order valence-electron chi connectivity index (χ4n) is 4.27. The summed E-state index contributed by atoms with van der Waals surface area (Å²) in [6.45, 7) is 5.99. The Kier molecular flexibility index (Phi) is 6.56. The predicted octanol–water partition coefficient (Wildman–Crippen LogP) is 5.73. The van der Waals surface area contributed by atoms with Gasteiger partial charge in [0.25, 0.3) is 15.9 Å². The van der Waals surface area contributed by atoms with Crippen molar-refractivity contribution in [2.45, 2.75) is 57.4 Å². The maximum atomic E-state index is 13.3. The first-order valence-corrected chi connectivity index (χ1v) is 12.9. The number of benzene rings is 3. The molecule has 1 aliphatic heterocycles. The molecule has 172 valence electrons. The van der Waals surface area contributed by atoms with E-state index in [1.165, 1.54) is 9.87 Å². The predicted molar refractivity (Wildman–Crippen MR) is 133 cm³/mol. The quantitative estimate of drug-likeness (QED) is 0.488. The summed E-state index contributed by atoms with van der Waals surface area (Å²) in [7, 11) is -3.68. The molecule has 0 spiro atoms. The first-order valence-electron chi connectivity index (χ1n) is 11.4. The Morgan fingerprint density at radius 1 is 1.03 bits per heavy atom. The molecule has 1 atom stereocenters. The van der Waals surface area contributed by atoms with E-state index in [4.69, 9.17) is 0 Å². The van der Waals surface area contributed by atoms with Gasteiger partial charge in [-0.2, -0.15) is 0 Å². The van der Waals surface area contributed by atoms with Crippen molar-refractivity contribution in [3.05, 3.63) is 89.0 Å². The first-order chi connectivity index (χ1) is 15.8. The number of carbonyl (C=O) groups excluding carboxylic acids is 1. The second kappa shape index (κ2) is 9.40. The van der Waals surface area contributed by atoms with Gasteiger partial charge in [0.1, 0.15) is 0 Å². The molecular formula is C27H30N2O3S. The summed E-state index contributed by atoms with van der Waals surface area (Å²) in [5.74, 6) is -0.202. The molecule has 33 heavy (non-hydrogen) atoms. The third kappa shape index (κ3) is 4.81. The number of aryl methyl sites for hydroxylation is 2. The second-order valence-corrected chi connectivity index (χ2v) is 10.6. The lowest BCUT2D eigenvalue weighted by Gasteiger charge is -2.24. The van der Waals surface area contributed by atoms with Gasteiger partial charge in [0.05, 0.1) is 10.6 Å². The van der Waals surface area contributed by atoms with Gasteiger partial charge in [-0.15, -0.1) is 0 Å². The van der Waals surface area contributed by atoms with E-state index in [0.29, 0.717) is 17.7 Å². The van der Waals surface area contributed by atoms with Crippen LogP contribution in [0.1, 0.15) is 53.7 Å². The lowest BCUT2D eigenvalue weighted by Crippen LogP contribution is -2.35. The molecule has 0 aromatic heterocycles. The van der Waals surface area contributed by atoms with Crippen LogP contribution in [0.4, 0.5) is 11.4 Å². The lowest BCUT2D eigenvalue weighted by molar-refractivity contribution is 0.102. The van der Waals surface area contributed by atoms with Gasteiger partial charge in [0.15, 0.2) is 0 Å². The highest BCUT2D eigenvalue weighted by Crippen LogP contribution is 2.37. The molecule has 3 aromatic rings. The fraction of sp³-hybridized carbons (Fsp3) is 0.296. The molecule has 3 aromatic carbocycles. The van der Waals surface area contributed by atoms with Gasteiger partial charge in [0, 0.05) is 17.3 Å². The molecule has 0 unspecified atom stereocenters. The van der Waals surface area contributed by atoms with Gasteiger partial charge in [-0.1, -0.05) is 43.2 Å². The number of hydrogen-bond acceptors (Lipinski definition) is 3. The van der Waals surface area contributed by atoms with Gasteiger partial charge in [0.2, 0.25) is 0 Å². The molecule has 0 bridgehead atoms. The highest BCUT2D eigenvalue weighted by atomic mass is 32.2. The Bertz CT molecular complexity index is 1250. The summed E-state index contributed by atoms with van der Waals surface area (Å²) in [6, 6.07) is 19.9. The van der Waals surface area contributed by atoms with Crippen LogP contribution in [0.2, 0.25) is 0 Å². The van der Waals surface area contributed by atoms with Crippen LogP contribution in [0.15, 0.2) is 71.6 Å². The zero-order valence-electron chi connectivity index (χ0n) is 19.3. The Hall–Kier alpha value is -3.12. The number of sulfonamides is 1. The zero-order chi connectivity index (χ0) is 23.6. The van der Waals surface area contributed by atoms with E-state index < -0.39 is 10.0 Å². The van der Waals surface area contributed by atoms with Crippen LogP contribution in [0.3, 0.4) is 0 Å². The molecule has 0 fully saturated rings. The molecule has 1 N–H and O–H groups in total. The molecule has 0 radical (unpaired) electrons. The van der Waals surface area contributed by atoms with Crippen LogP contribution in [-0.4, -0.2) is 20.4 Å². The van der Waals surface area contributed by atoms with Crippen molar-refractivity contribution in [3.63, 3.8) is 0 Å². The van der Waals surface area contributed by atoms with Crippen LogP contribution in [0, 0.1) is 6.92 Å². The molecule has 0 saturated carbocycles. The van der Waals surface area contributed by atoms with E-state index in [-0.39, 0.29) is 16.8 Å². The third-order valence-electron chi connectivity index (χ3n) is 6.10. The number of amides is 1. The minimum Gasteiger partial charge on any atom is -0.322 e. The lowest BCUT2D eigenvalue weighted by atomic mass is 10.1. The molecule has 5 nitrogen and oxygen atoms in total. The molecule has 0 aliphatic carbocycles. The van der Waals surface area contributed by atoms with Crippen LogP contribution < -0.4 is 9.62 Å². The standard InChI is InChI=1S/C27H30N2O3S/c1-4-5-6-21-9-12-24(13-10-21)28-27(30)22-11-16-26-23(18-22)17-20(3)29(26)33(31,32)25-14-7-19(2)8-15-25/h7-16,18,20H,4-6,17H2,1-3H3,(H,28,30)/t20-/m1/s1. The van der Waals surface area contributed by atoms with E-state index in [1.54, 1.807) is 42.5 Å². The van der Waals surface area contributed by atoms with Crippen LogP contribution in [0.5, 0.6) is 0 Å². The Labute approximate surface area is 196 Å². The van der Waals surface area contributed by atoms with Crippen molar-refractivity contribution in [1.82, 2.24) is 0 Å². The number of nitrogens with one attached hydrogen (secondary N) is 1. The minimum absolute atomic E-state index is 0.202. The third-order valence-corrected chi connectivity index (χ3v) is 8.05. The average Bonchev–Trinajstić information content (AvgIpc) is 3.14. The molecule has 1 aliphatic rings.